The van der Waals surface area contributed by atoms with Crippen molar-refractivity contribution in [1.82, 2.24) is 15.3 Å². The maximum absolute atomic E-state index is 12.9. The van der Waals surface area contributed by atoms with E-state index in [-0.39, 0.29) is 11.7 Å². The predicted molar refractivity (Wildman–Crippen MR) is 89.3 cm³/mol. The second-order valence-corrected chi connectivity index (χ2v) is 5.27. The Morgan fingerprint density at radius 3 is 2.71 bits per heavy atom. The number of nitrogens with zero attached hydrogens (tertiary/aromatic N) is 2. The zero-order valence-electron chi connectivity index (χ0n) is 13.8. The van der Waals surface area contributed by atoms with E-state index in [2.05, 4.69) is 20.6 Å². The summed E-state index contributed by atoms with van der Waals surface area (Å²) in [6, 6.07) is 7.80. The van der Waals surface area contributed by atoms with Crippen LogP contribution in [0.4, 0.5) is 10.2 Å². The fraction of sp³-hybridized carbons (Fsp3) is 0.353. The van der Waals surface area contributed by atoms with Crippen LogP contribution in [0.15, 0.2) is 30.3 Å². The van der Waals surface area contributed by atoms with Crippen molar-refractivity contribution in [2.24, 2.45) is 0 Å². The van der Waals surface area contributed by atoms with Gasteiger partial charge in [0.1, 0.15) is 23.2 Å². The molecule has 0 saturated carbocycles. The SMILES string of the molecule is COCCCNC(=O)c1cc(NCc2ccc(F)cc2)nc(C)n1. The molecular weight excluding hydrogens is 311 g/mol. The Labute approximate surface area is 140 Å². The standard InChI is InChI=1S/C17H21FN4O2/c1-12-21-15(17(23)19-8-3-9-24-2)10-16(22-12)20-11-13-4-6-14(18)7-5-13/h4-7,10H,3,8-9,11H2,1-2H3,(H,19,23)(H,20,21,22). The Hall–Kier alpha value is -2.54. The molecule has 0 fully saturated rings. The van der Waals surface area contributed by atoms with Crippen molar-refractivity contribution in [2.45, 2.75) is 19.9 Å². The number of aromatic nitrogens is 2. The highest BCUT2D eigenvalue weighted by molar-refractivity contribution is 5.92. The molecule has 0 aliphatic rings. The van der Waals surface area contributed by atoms with Crippen LogP contribution in [-0.2, 0) is 11.3 Å². The van der Waals surface area contributed by atoms with E-state index in [4.69, 9.17) is 4.74 Å². The molecule has 1 aromatic heterocycles. The van der Waals surface area contributed by atoms with Gasteiger partial charge in [0, 0.05) is 32.9 Å². The molecule has 0 spiro atoms. The fourth-order valence-corrected chi connectivity index (χ4v) is 2.08. The van der Waals surface area contributed by atoms with Gasteiger partial charge in [0.15, 0.2) is 0 Å². The zero-order valence-corrected chi connectivity index (χ0v) is 13.8. The third kappa shape index (κ3) is 5.58. The van der Waals surface area contributed by atoms with Crippen LogP contribution in [0.3, 0.4) is 0 Å². The molecule has 0 bridgehead atoms. The normalized spacial score (nSPS) is 10.5. The lowest BCUT2D eigenvalue weighted by atomic mass is 10.2. The molecule has 0 aliphatic carbocycles. The number of benzene rings is 1. The van der Waals surface area contributed by atoms with Gasteiger partial charge in [-0.25, -0.2) is 14.4 Å². The maximum atomic E-state index is 12.9. The van der Waals surface area contributed by atoms with E-state index >= 15 is 0 Å². The number of hydrogen-bond acceptors (Lipinski definition) is 5. The third-order valence-corrected chi connectivity index (χ3v) is 3.27. The molecular formula is C17H21FN4O2. The van der Waals surface area contributed by atoms with Crippen molar-refractivity contribution < 1.29 is 13.9 Å². The molecule has 1 aromatic carbocycles. The summed E-state index contributed by atoms with van der Waals surface area (Å²) in [5.74, 6) is 0.528. The van der Waals surface area contributed by atoms with E-state index in [1.165, 1.54) is 12.1 Å². The van der Waals surface area contributed by atoms with Gasteiger partial charge < -0.3 is 15.4 Å². The Balaban J connectivity index is 1.97. The Bertz CT molecular complexity index is 677. The van der Waals surface area contributed by atoms with Gasteiger partial charge in [-0.3, -0.25) is 4.79 Å². The minimum atomic E-state index is -0.274. The van der Waals surface area contributed by atoms with E-state index in [0.29, 0.717) is 37.0 Å². The second kappa shape index (κ2) is 8.93. The molecule has 24 heavy (non-hydrogen) atoms. The third-order valence-electron chi connectivity index (χ3n) is 3.27. The quantitative estimate of drug-likeness (QED) is 0.726. The van der Waals surface area contributed by atoms with Crippen LogP contribution in [0.2, 0.25) is 0 Å². The van der Waals surface area contributed by atoms with E-state index in [1.54, 1.807) is 32.2 Å². The Kier molecular flexibility index (Phi) is 6.62. The lowest BCUT2D eigenvalue weighted by molar-refractivity contribution is 0.0943. The fourth-order valence-electron chi connectivity index (χ4n) is 2.08. The number of rotatable bonds is 8. The molecule has 0 aliphatic heterocycles. The molecule has 2 N–H and O–H groups in total. The summed E-state index contributed by atoms with van der Waals surface area (Å²) in [5.41, 5.74) is 1.22. The average Bonchev–Trinajstić information content (AvgIpc) is 2.57. The molecule has 2 aromatic rings. The number of aryl methyl sites for hydroxylation is 1. The van der Waals surface area contributed by atoms with Crippen molar-refractivity contribution >= 4 is 11.7 Å². The molecule has 6 nitrogen and oxygen atoms in total. The molecule has 1 heterocycles. The topological polar surface area (TPSA) is 76.1 Å². The van der Waals surface area contributed by atoms with Crippen LogP contribution in [0.25, 0.3) is 0 Å². The van der Waals surface area contributed by atoms with Gasteiger partial charge in [0.2, 0.25) is 0 Å². The van der Waals surface area contributed by atoms with Crippen LogP contribution in [0.1, 0.15) is 28.3 Å². The summed E-state index contributed by atoms with van der Waals surface area (Å²) >= 11 is 0. The summed E-state index contributed by atoms with van der Waals surface area (Å²) in [7, 11) is 1.62. The van der Waals surface area contributed by atoms with E-state index in [9.17, 15) is 9.18 Å². The van der Waals surface area contributed by atoms with Crippen LogP contribution in [-0.4, -0.2) is 36.1 Å². The summed E-state index contributed by atoms with van der Waals surface area (Å²) in [6.07, 6.45) is 0.738. The van der Waals surface area contributed by atoms with Gasteiger partial charge in [0.25, 0.3) is 5.91 Å². The van der Waals surface area contributed by atoms with Crippen molar-refractivity contribution in [2.75, 3.05) is 25.6 Å². The summed E-state index contributed by atoms with van der Waals surface area (Å²) in [6.45, 7) is 3.32. The number of amides is 1. The van der Waals surface area contributed by atoms with Crippen molar-refractivity contribution in [3.05, 3.63) is 53.2 Å². The molecule has 0 radical (unpaired) electrons. The number of methoxy groups -OCH3 is 1. The van der Waals surface area contributed by atoms with Gasteiger partial charge in [0.05, 0.1) is 0 Å². The smallest absolute Gasteiger partial charge is 0.270 e. The monoisotopic (exact) mass is 332 g/mol. The van der Waals surface area contributed by atoms with Gasteiger partial charge in [-0.15, -0.1) is 0 Å². The van der Waals surface area contributed by atoms with Gasteiger partial charge >= 0.3 is 0 Å². The minimum Gasteiger partial charge on any atom is -0.385 e. The van der Waals surface area contributed by atoms with E-state index < -0.39 is 0 Å². The molecule has 128 valence electrons. The largest absolute Gasteiger partial charge is 0.385 e. The van der Waals surface area contributed by atoms with E-state index in [1.807, 2.05) is 0 Å². The predicted octanol–water partition coefficient (Wildman–Crippen LogP) is 2.30. The second-order valence-electron chi connectivity index (χ2n) is 5.27. The average molecular weight is 332 g/mol. The first kappa shape index (κ1) is 17.8. The minimum absolute atomic E-state index is 0.249. The summed E-state index contributed by atoms with van der Waals surface area (Å²) in [5, 5.41) is 5.91. The van der Waals surface area contributed by atoms with Gasteiger partial charge in [-0.2, -0.15) is 0 Å². The summed E-state index contributed by atoms with van der Waals surface area (Å²) < 4.78 is 17.8. The number of hydrogen-bond donors (Lipinski definition) is 2. The molecule has 2 rings (SSSR count). The molecule has 0 unspecified atom stereocenters. The highest BCUT2D eigenvalue weighted by Gasteiger charge is 2.10. The molecule has 0 saturated heterocycles. The number of nitrogens with one attached hydrogen (secondary N) is 2. The number of anilines is 1. The maximum Gasteiger partial charge on any atom is 0.270 e. The molecule has 7 heteroatoms. The molecule has 1 amide bonds. The lowest BCUT2D eigenvalue weighted by Gasteiger charge is -2.09. The first-order chi connectivity index (χ1) is 11.6. The Morgan fingerprint density at radius 1 is 1.25 bits per heavy atom. The van der Waals surface area contributed by atoms with Crippen molar-refractivity contribution in [3.8, 4) is 0 Å². The highest BCUT2D eigenvalue weighted by atomic mass is 19.1. The van der Waals surface area contributed by atoms with Crippen LogP contribution >= 0.6 is 0 Å². The van der Waals surface area contributed by atoms with Crippen LogP contribution in [0.5, 0.6) is 0 Å². The summed E-state index contributed by atoms with van der Waals surface area (Å²) in [4.78, 5) is 20.5. The number of ether oxygens (including phenoxy) is 1. The van der Waals surface area contributed by atoms with Crippen LogP contribution < -0.4 is 10.6 Å². The molecule has 0 atom stereocenters. The first-order valence-electron chi connectivity index (χ1n) is 7.69. The number of carbonyl (C=O) groups excluding carboxylic acids is 1. The Morgan fingerprint density at radius 2 is 2.00 bits per heavy atom. The number of halogens is 1. The lowest BCUT2D eigenvalue weighted by Crippen LogP contribution is -2.26. The van der Waals surface area contributed by atoms with Gasteiger partial charge in [-0.1, -0.05) is 12.1 Å². The van der Waals surface area contributed by atoms with E-state index in [0.717, 1.165) is 12.0 Å². The first-order valence-corrected chi connectivity index (χ1v) is 7.69. The zero-order chi connectivity index (χ0) is 17.4. The van der Waals surface area contributed by atoms with Crippen molar-refractivity contribution in [3.63, 3.8) is 0 Å². The number of carbonyl (C=O) groups is 1. The van der Waals surface area contributed by atoms with Crippen molar-refractivity contribution in [1.29, 1.82) is 0 Å². The highest BCUT2D eigenvalue weighted by Crippen LogP contribution is 2.10. The van der Waals surface area contributed by atoms with Crippen LogP contribution in [0, 0.1) is 12.7 Å². The van der Waals surface area contributed by atoms with Gasteiger partial charge in [-0.05, 0) is 31.0 Å².